The van der Waals surface area contributed by atoms with Crippen molar-refractivity contribution in [3.63, 3.8) is 0 Å². The van der Waals surface area contributed by atoms with E-state index in [1.54, 1.807) is 21.8 Å². The summed E-state index contributed by atoms with van der Waals surface area (Å²) >= 11 is 0. The SMILES string of the molecule is Cc1ccn(CC(=O)N[C@H](c2cnn(C)c2)C2CC(O)C2)n1. The summed E-state index contributed by atoms with van der Waals surface area (Å²) in [5.41, 5.74) is 1.86. The summed E-state index contributed by atoms with van der Waals surface area (Å²) < 4.78 is 3.35. The average Bonchev–Trinajstić information content (AvgIpc) is 3.02. The number of hydrogen-bond donors (Lipinski definition) is 2. The number of rotatable bonds is 5. The number of carbonyl (C=O) groups is 1. The molecule has 118 valence electrons. The second kappa shape index (κ2) is 5.92. The summed E-state index contributed by atoms with van der Waals surface area (Å²) in [6, 6.07) is 1.76. The van der Waals surface area contributed by atoms with Crippen LogP contribution < -0.4 is 5.32 Å². The van der Waals surface area contributed by atoms with E-state index in [-0.39, 0.29) is 30.5 Å². The summed E-state index contributed by atoms with van der Waals surface area (Å²) in [5, 5.41) is 21.0. The van der Waals surface area contributed by atoms with Crippen LogP contribution in [0.2, 0.25) is 0 Å². The van der Waals surface area contributed by atoms with Crippen LogP contribution in [0.3, 0.4) is 0 Å². The molecule has 2 aromatic rings. The average molecular weight is 303 g/mol. The first kappa shape index (κ1) is 14.8. The van der Waals surface area contributed by atoms with Crippen molar-refractivity contribution >= 4 is 5.91 Å². The van der Waals surface area contributed by atoms with E-state index in [4.69, 9.17) is 0 Å². The molecular weight excluding hydrogens is 282 g/mol. The van der Waals surface area contributed by atoms with Crippen LogP contribution in [0.4, 0.5) is 0 Å². The summed E-state index contributed by atoms with van der Waals surface area (Å²) in [4.78, 5) is 12.3. The fourth-order valence-corrected chi connectivity index (χ4v) is 2.89. The molecule has 0 unspecified atom stereocenters. The van der Waals surface area contributed by atoms with Crippen LogP contribution >= 0.6 is 0 Å². The van der Waals surface area contributed by atoms with Crippen LogP contribution in [0.25, 0.3) is 0 Å². The van der Waals surface area contributed by atoms with Gasteiger partial charge in [0.05, 0.1) is 24.0 Å². The summed E-state index contributed by atoms with van der Waals surface area (Å²) in [7, 11) is 1.85. The molecule has 1 fully saturated rings. The molecule has 1 aliphatic carbocycles. The number of amides is 1. The van der Waals surface area contributed by atoms with Gasteiger partial charge in [-0.25, -0.2) is 0 Å². The van der Waals surface area contributed by atoms with Gasteiger partial charge in [0.2, 0.25) is 5.91 Å². The Kier molecular flexibility index (Phi) is 3.98. The van der Waals surface area contributed by atoms with Crippen LogP contribution in [0.5, 0.6) is 0 Å². The van der Waals surface area contributed by atoms with Crippen molar-refractivity contribution in [1.29, 1.82) is 0 Å². The van der Waals surface area contributed by atoms with E-state index in [9.17, 15) is 9.90 Å². The number of aliphatic hydroxyl groups excluding tert-OH is 1. The van der Waals surface area contributed by atoms with Crippen molar-refractivity contribution in [2.75, 3.05) is 0 Å². The third-order valence-corrected chi connectivity index (χ3v) is 4.10. The van der Waals surface area contributed by atoms with Gasteiger partial charge in [-0.05, 0) is 31.7 Å². The number of carbonyl (C=O) groups excluding carboxylic acids is 1. The molecule has 1 aliphatic rings. The zero-order valence-electron chi connectivity index (χ0n) is 12.8. The highest BCUT2D eigenvalue weighted by Gasteiger charge is 2.36. The van der Waals surface area contributed by atoms with Crippen molar-refractivity contribution in [2.24, 2.45) is 13.0 Å². The molecule has 22 heavy (non-hydrogen) atoms. The van der Waals surface area contributed by atoms with E-state index < -0.39 is 0 Å². The predicted octanol–water partition coefficient (Wildman–Crippen LogP) is 0.553. The zero-order valence-corrected chi connectivity index (χ0v) is 12.8. The van der Waals surface area contributed by atoms with Gasteiger partial charge in [0, 0.05) is 25.0 Å². The lowest BCUT2D eigenvalue weighted by molar-refractivity contribution is -0.123. The molecule has 0 spiro atoms. The van der Waals surface area contributed by atoms with E-state index in [1.807, 2.05) is 26.2 Å². The monoisotopic (exact) mass is 303 g/mol. The van der Waals surface area contributed by atoms with Gasteiger partial charge < -0.3 is 10.4 Å². The number of nitrogens with one attached hydrogen (secondary N) is 1. The second-order valence-electron chi connectivity index (χ2n) is 6.03. The third-order valence-electron chi connectivity index (χ3n) is 4.10. The van der Waals surface area contributed by atoms with Crippen molar-refractivity contribution < 1.29 is 9.90 Å². The van der Waals surface area contributed by atoms with Gasteiger partial charge in [-0.15, -0.1) is 0 Å². The molecule has 2 N–H and O–H groups in total. The number of aryl methyl sites for hydroxylation is 2. The largest absolute Gasteiger partial charge is 0.393 e. The molecule has 3 rings (SSSR count). The molecule has 0 aromatic carbocycles. The quantitative estimate of drug-likeness (QED) is 0.845. The topological polar surface area (TPSA) is 85.0 Å². The van der Waals surface area contributed by atoms with Gasteiger partial charge in [-0.3, -0.25) is 14.2 Å². The van der Waals surface area contributed by atoms with Crippen molar-refractivity contribution in [3.8, 4) is 0 Å². The highest BCUT2D eigenvalue weighted by atomic mass is 16.3. The Bertz CT molecular complexity index is 656. The highest BCUT2D eigenvalue weighted by Crippen LogP contribution is 2.37. The van der Waals surface area contributed by atoms with E-state index in [0.717, 1.165) is 11.3 Å². The second-order valence-corrected chi connectivity index (χ2v) is 6.03. The Labute approximate surface area is 128 Å². The summed E-state index contributed by atoms with van der Waals surface area (Å²) in [5.74, 6) is 0.167. The molecule has 0 saturated heterocycles. The van der Waals surface area contributed by atoms with Crippen LogP contribution in [-0.4, -0.2) is 36.7 Å². The Hall–Kier alpha value is -2.15. The van der Waals surface area contributed by atoms with Crippen LogP contribution in [0.15, 0.2) is 24.7 Å². The van der Waals surface area contributed by atoms with E-state index in [1.165, 1.54) is 0 Å². The van der Waals surface area contributed by atoms with Crippen LogP contribution in [0, 0.1) is 12.8 Å². The maximum Gasteiger partial charge on any atom is 0.242 e. The van der Waals surface area contributed by atoms with Gasteiger partial charge in [-0.1, -0.05) is 0 Å². The van der Waals surface area contributed by atoms with Gasteiger partial charge in [0.25, 0.3) is 0 Å². The van der Waals surface area contributed by atoms with Crippen LogP contribution in [-0.2, 0) is 18.4 Å². The normalized spacial score (nSPS) is 22.1. The Morgan fingerprint density at radius 2 is 2.32 bits per heavy atom. The maximum atomic E-state index is 12.3. The molecule has 1 saturated carbocycles. The first-order chi connectivity index (χ1) is 10.5. The molecule has 0 aliphatic heterocycles. The number of nitrogens with zero attached hydrogens (tertiary/aromatic N) is 4. The molecule has 1 amide bonds. The Morgan fingerprint density at radius 1 is 1.55 bits per heavy atom. The maximum absolute atomic E-state index is 12.3. The molecule has 2 aromatic heterocycles. The molecule has 7 heteroatoms. The van der Waals surface area contributed by atoms with E-state index in [0.29, 0.717) is 12.8 Å². The molecule has 0 radical (unpaired) electrons. The highest BCUT2D eigenvalue weighted by molar-refractivity contribution is 5.76. The molecule has 0 bridgehead atoms. The summed E-state index contributed by atoms with van der Waals surface area (Å²) in [6.45, 7) is 2.09. The van der Waals surface area contributed by atoms with E-state index in [2.05, 4.69) is 15.5 Å². The standard InChI is InChI=1S/C15H21N5O2/c1-10-3-4-20(18-10)9-14(22)17-15(11-5-13(21)6-11)12-7-16-19(2)8-12/h3-4,7-8,11,13,15,21H,5-6,9H2,1-2H3,(H,17,22)/t11?,13?,15-/m0/s1. The van der Waals surface area contributed by atoms with Crippen molar-refractivity contribution in [3.05, 3.63) is 35.9 Å². The predicted molar refractivity (Wildman–Crippen MR) is 79.8 cm³/mol. The van der Waals surface area contributed by atoms with Gasteiger partial charge in [0.1, 0.15) is 6.54 Å². The van der Waals surface area contributed by atoms with Crippen molar-refractivity contribution in [2.45, 2.75) is 38.5 Å². The molecule has 2 heterocycles. The van der Waals surface area contributed by atoms with Gasteiger partial charge in [-0.2, -0.15) is 10.2 Å². The summed E-state index contributed by atoms with van der Waals surface area (Å²) in [6.07, 6.45) is 6.64. The molecule has 1 atom stereocenters. The lowest BCUT2D eigenvalue weighted by atomic mass is 9.75. The fourth-order valence-electron chi connectivity index (χ4n) is 2.89. The first-order valence-corrected chi connectivity index (χ1v) is 7.47. The third kappa shape index (κ3) is 3.19. The lowest BCUT2D eigenvalue weighted by Gasteiger charge is -2.37. The molecule has 7 nitrogen and oxygen atoms in total. The number of aliphatic hydroxyl groups is 1. The van der Waals surface area contributed by atoms with Gasteiger partial charge >= 0.3 is 0 Å². The minimum atomic E-state index is -0.255. The lowest BCUT2D eigenvalue weighted by Crippen LogP contribution is -2.42. The number of hydrogen-bond acceptors (Lipinski definition) is 4. The van der Waals surface area contributed by atoms with Crippen molar-refractivity contribution in [1.82, 2.24) is 24.9 Å². The number of aromatic nitrogens is 4. The first-order valence-electron chi connectivity index (χ1n) is 7.47. The smallest absolute Gasteiger partial charge is 0.242 e. The zero-order chi connectivity index (χ0) is 15.7. The minimum Gasteiger partial charge on any atom is -0.393 e. The van der Waals surface area contributed by atoms with E-state index >= 15 is 0 Å². The van der Waals surface area contributed by atoms with Crippen LogP contribution in [0.1, 0.15) is 30.1 Å². The minimum absolute atomic E-state index is 0.0849. The molecular formula is C15H21N5O2. The fraction of sp³-hybridized carbons (Fsp3) is 0.533. The Balaban J connectivity index is 1.68. The Morgan fingerprint density at radius 3 is 2.86 bits per heavy atom. The van der Waals surface area contributed by atoms with Gasteiger partial charge in [0.15, 0.2) is 0 Å².